The van der Waals surface area contributed by atoms with E-state index in [1.807, 2.05) is 28.3 Å². The Labute approximate surface area is 136 Å². The van der Waals surface area contributed by atoms with Crippen LogP contribution in [-0.2, 0) is 13.1 Å². The zero-order chi connectivity index (χ0) is 14.7. The predicted molar refractivity (Wildman–Crippen MR) is 91.9 cm³/mol. The Bertz CT molecular complexity index is 682. The maximum atomic E-state index is 4.22. The van der Waals surface area contributed by atoms with Gasteiger partial charge in [0.05, 0.1) is 6.54 Å². The van der Waals surface area contributed by atoms with E-state index in [1.165, 1.54) is 19.8 Å². The lowest BCUT2D eigenvalue weighted by Crippen LogP contribution is -2.01. The van der Waals surface area contributed by atoms with Gasteiger partial charge in [0.25, 0.3) is 0 Å². The van der Waals surface area contributed by atoms with Crippen molar-refractivity contribution in [1.29, 1.82) is 0 Å². The first-order valence-corrected chi connectivity index (χ1v) is 8.37. The summed E-state index contributed by atoms with van der Waals surface area (Å²) in [7, 11) is 0. The van der Waals surface area contributed by atoms with Crippen LogP contribution in [0.2, 0.25) is 0 Å². The van der Waals surface area contributed by atoms with Gasteiger partial charge in [-0.1, -0.05) is 12.1 Å². The summed E-state index contributed by atoms with van der Waals surface area (Å²) in [4.78, 5) is 2.65. The van der Waals surface area contributed by atoms with E-state index in [0.29, 0.717) is 0 Å². The van der Waals surface area contributed by atoms with Gasteiger partial charge in [0, 0.05) is 38.9 Å². The molecule has 0 aliphatic rings. The van der Waals surface area contributed by atoms with E-state index in [-0.39, 0.29) is 0 Å². The molecule has 21 heavy (non-hydrogen) atoms. The molecule has 108 valence electrons. The third-order valence-electron chi connectivity index (χ3n) is 3.23. The molecule has 3 aromatic rings. The topological polar surface area (TPSA) is 29.9 Å². The van der Waals surface area contributed by atoms with E-state index in [9.17, 15) is 0 Å². The zero-order valence-electron chi connectivity index (χ0n) is 11.7. The Balaban J connectivity index is 1.59. The Morgan fingerprint density at radius 2 is 2.10 bits per heavy atom. The minimum absolute atomic E-state index is 0.810. The Morgan fingerprint density at radius 3 is 2.71 bits per heavy atom. The van der Waals surface area contributed by atoms with Crippen molar-refractivity contribution in [2.45, 2.75) is 20.0 Å². The number of nitrogens with one attached hydrogen (secondary N) is 1. The third-order valence-corrected chi connectivity index (χ3v) is 5.37. The maximum absolute atomic E-state index is 4.22. The fraction of sp³-hybridized carbons (Fsp3) is 0.188. The fourth-order valence-corrected chi connectivity index (χ4v) is 3.64. The summed E-state index contributed by atoms with van der Waals surface area (Å²) in [6, 6.07) is 12.6. The van der Waals surface area contributed by atoms with Crippen LogP contribution in [0.25, 0.3) is 0 Å². The molecule has 3 rings (SSSR count). The lowest BCUT2D eigenvalue weighted by molar-refractivity contribution is 0.687. The number of thiophene rings is 1. The molecule has 0 aliphatic carbocycles. The van der Waals surface area contributed by atoms with Crippen LogP contribution in [0.4, 0.5) is 5.69 Å². The standard InChI is InChI=1S/C16H16BrN3S/c1-12-16(17)9-15(21-12)10-18-14-5-3-13(4-6-14)11-20-8-2-7-19-20/h2-9,18H,10-11H2,1H3. The number of anilines is 1. The van der Waals surface area contributed by atoms with Gasteiger partial charge in [0.2, 0.25) is 0 Å². The van der Waals surface area contributed by atoms with Crippen LogP contribution in [0.5, 0.6) is 0 Å². The highest BCUT2D eigenvalue weighted by Gasteiger charge is 2.02. The Morgan fingerprint density at radius 1 is 1.29 bits per heavy atom. The molecule has 0 bridgehead atoms. The van der Waals surface area contributed by atoms with Crippen LogP contribution in [0.1, 0.15) is 15.3 Å². The highest BCUT2D eigenvalue weighted by Crippen LogP contribution is 2.26. The molecule has 2 aromatic heterocycles. The molecule has 1 N–H and O–H groups in total. The average Bonchev–Trinajstić information content (AvgIpc) is 3.09. The summed E-state index contributed by atoms with van der Waals surface area (Å²) in [6.45, 7) is 3.79. The van der Waals surface area contributed by atoms with Gasteiger partial charge >= 0.3 is 0 Å². The predicted octanol–water partition coefficient (Wildman–Crippen LogP) is 4.68. The number of halogens is 1. The minimum Gasteiger partial charge on any atom is -0.380 e. The molecule has 5 heteroatoms. The van der Waals surface area contributed by atoms with Crippen molar-refractivity contribution in [1.82, 2.24) is 9.78 Å². The second kappa shape index (κ2) is 6.45. The zero-order valence-corrected chi connectivity index (χ0v) is 14.1. The van der Waals surface area contributed by atoms with Gasteiger partial charge in [0.1, 0.15) is 0 Å². The van der Waals surface area contributed by atoms with Crippen molar-refractivity contribution < 1.29 is 0 Å². The Hall–Kier alpha value is -1.59. The molecule has 2 heterocycles. The van der Waals surface area contributed by atoms with Crippen LogP contribution in [0, 0.1) is 6.92 Å². The molecular weight excluding hydrogens is 346 g/mol. The molecule has 0 fully saturated rings. The number of nitrogens with zero attached hydrogens (tertiary/aromatic N) is 2. The summed E-state index contributed by atoms with van der Waals surface area (Å²) in [5.74, 6) is 0. The average molecular weight is 362 g/mol. The van der Waals surface area contributed by atoms with Gasteiger partial charge in [-0.05, 0) is 52.7 Å². The van der Waals surface area contributed by atoms with Crippen molar-refractivity contribution in [2.24, 2.45) is 0 Å². The molecule has 0 spiro atoms. The van der Waals surface area contributed by atoms with E-state index in [2.05, 4.69) is 63.6 Å². The van der Waals surface area contributed by atoms with Gasteiger partial charge in [-0.25, -0.2) is 0 Å². The van der Waals surface area contributed by atoms with E-state index in [0.717, 1.165) is 18.8 Å². The van der Waals surface area contributed by atoms with E-state index >= 15 is 0 Å². The first kappa shape index (κ1) is 14.4. The van der Waals surface area contributed by atoms with Crippen LogP contribution < -0.4 is 5.32 Å². The largest absolute Gasteiger partial charge is 0.380 e. The van der Waals surface area contributed by atoms with Gasteiger partial charge in [-0.2, -0.15) is 5.10 Å². The first-order valence-electron chi connectivity index (χ1n) is 6.76. The van der Waals surface area contributed by atoms with Crippen LogP contribution in [-0.4, -0.2) is 9.78 Å². The number of hydrogen-bond acceptors (Lipinski definition) is 3. The lowest BCUT2D eigenvalue weighted by atomic mass is 10.2. The molecule has 0 aliphatic heterocycles. The number of aromatic nitrogens is 2. The quantitative estimate of drug-likeness (QED) is 0.715. The monoisotopic (exact) mass is 361 g/mol. The second-order valence-corrected chi connectivity index (χ2v) is 7.07. The highest BCUT2D eigenvalue weighted by molar-refractivity contribution is 9.10. The maximum Gasteiger partial charge on any atom is 0.0659 e. The van der Waals surface area contributed by atoms with E-state index < -0.39 is 0 Å². The molecule has 3 nitrogen and oxygen atoms in total. The summed E-state index contributed by atoms with van der Waals surface area (Å²) >= 11 is 5.37. The van der Waals surface area contributed by atoms with Crippen molar-refractivity contribution in [2.75, 3.05) is 5.32 Å². The fourth-order valence-electron chi connectivity index (χ4n) is 2.10. The number of hydrogen-bond donors (Lipinski definition) is 1. The van der Waals surface area contributed by atoms with Gasteiger partial charge < -0.3 is 5.32 Å². The van der Waals surface area contributed by atoms with Crippen LogP contribution in [0.15, 0.2) is 53.3 Å². The normalized spacial score (nSPS) is 10.8. The second-order valence-electron chi connectivity index (χ2n) is 4.87. The van der Waals surface area contributed by atoms with Crippen LogP contribution in [0.3, 0.4) is 0 Å². The highest BCUT2D eigenvalue weighted by atomic mass is 79.9. The van der Waals surface area contributed by atoms with Crippen molar-refractivity contribution in [3.05, 3.63) is 68.6 Å². The molecule has 0 saturated carbocycles. The number of rotatable bonds is 5. The molecule has 0 atom stereocenters. The molecule has 0 amide bonds. The molecule has 0 unspecified atom stereocenters. The van der Waals surface area contributed by atoms with Crippen LogP contribution >= 0.6 is 27.3 Å². The van der Waals surface area contributed by atoms with Crippen molar-refractivity contribution in [3.63, 3.8) is 0 Å². The molecule has 0 saturated heterocycles. The Kier molecular flexibility index (Phi) is 4.41. The minimum atomic E-state index is 0.810. The smallest absolute Gasteiger partial charge is 0.0659 e. The van der Waals surface area contributed by atoms with Crippen molar-refractivity contribution in [3.8, 4) is 0 Å². The molecule has 0 radical (unpaired) electrons. The first-order chi connectivity index (χ1) is 10.2. The summed E-state index contributed by atoms with van der Waals surface area (Å²) in [5, 5.41) is 7.67. The van der Waals surface area contributed by atoms with Crippen molar-refractivity contribution >= 4 is 33.0 Å². The molecule has 1 aromatic carbocycles. The summed E-state index contributed by atoms with van der Waals surface area (Å²) < 4.78 is 3.12. The summed E-state index contributed by atoms with van der Waals surface area (Å²) in [5.41, 5.74) is 2.39. The third kappa shape index (κ3) is 3.74. The SMILES string of the molecule is Cc1sc(CNc2ccc(Cn3cccn3)cc2)cc1Br. The summed E-state index contributed by atoms with van der Waals surface area (Å²) in [6.07, 6.45) is 3.78. The van der Waals surface area contributed by atoms with Gasteiger partial charge in [-0.15, -0.1) is 11.3 Å². The van der Waals surface area contributed by atoms with E-state index in [1.54, 1.807) is 6.20 Å². The van der Waals surface area contributed by atoms with E-state index in [4.69, 9.17) is 0 Å². The van der Waals surface area contributed by atoms with Gasteiger partial charge in [0.15, 0.2) is 0 Å². The lowest BCUT2D eigenvalue weighted by Gasteiger charge is -2.07. The number of benzene rings is 1. The van der Waals surface area contributed by atoms with Gasteiger partial charge in [-0.3, -0.25) is 4.68 Å². The number of aryl methyl sites for hydroxylation is 1. The molecular formula is C16H16BrN3S.